The first kappa shape index (κ1) is 9.97. The van der Waals surface area contributed by atoms with E-state index >= 15 is 0 Å². The van der Waals surface area contributed by atoms with Crippen molar-refractivity contribution in [1.82, 2.24) is 0 Å². The lowest BCUT2D eigenvalue weighted by Crippen LogP contribution is -2.33. The van der Waals surface area contributed by atoms with E-state index in [1.54, 1.807) is 77.0 Å². The van der Waals surface area contributed by atoms with Gasteiger partial charge >= 0.3 is 0 Å². The Morgan fingerprint density at radius 2 is 1.12 bits per heavy atom. The third-order valence-electron chi connectivity index (χ3n) is 7.12. The molecule has 2 unspecified atom stereocenters. The van der Waals surface area contributed by atoms with Gasteiger partial charge in [0.15, 0.2) is 0 Å². The molecule has 4 aliphatic carbocycles. The molecule has 0 aliphatic heterocycles. The van der Waals surface area contributed by atoms with Gasteiger partial charge in [0.2, 0.25) is 0 Å². The summed E-state index contributed by atoms with van der Waals surface area (Å²) in [4.78, 5) is 0. The summed E-state index contributed by atoms with van der Waals surface area (Å²) in [5.74, 6) is 2.33. The van der Waals surface area contributed by atoms with Gasteiger partial charge in [-0.1, -0.05) is 38.5 Å². The standard InChI is InChI=1S/C16H26/c1-2-8-15(7-1)9-4-10-16(15)11-13-5-3-6-14(13)12-16/h13-14H,1-12H2. The van der Waals surface area contributed by atoms with E-state index in [2.05, 4.69) is 0 Å². The van der Waals surface area contributed by atoms with Gasteiger partial charge in [0.05, 0.1) is 0 Å². The second-order valence-electron chi connectivity index (χ2n) is 7.48. The number of rotatable bonds is 0. The van der Waals surface area contributed by atoms with E-state index in [4.69, 9.17) is 0 Å². The summed E-state index contributed by atoms with van der Waals surface area (Å²) in [6.07, 6.45) is 19.1. The highest BCUT2D eigenvalue weighted by Gasteiger charge is 2.60. The molecule has 0 N–H and O–H groups in total. The Morgan fingerprint density at radius 3 is 1.81 bits per heavy atom. The van der Waals surface area contributed by atoms with E-state index in [1.807, 2.05) is 0 Å². The molecule has 90 valence electrons. The van der Waals surface area contributed by atoms with E-state index in [0.717, 1.165) is 22.7 Å². The molecule has 4 aliphatic rings. The van der Waals surface area contributed by atoms with E-state index in [0.29, 0.717) is 0 Å². The minimum absolute atomic E-state index is 0.858. The average Bonchev–Trinajstić information content (AvgIpc) is 2.94. The molecule has 2 spiro atoms. The average molecular weight is 218 g/mol. The highest BCUT2D eigenvalue weighted by atomic mass is 14.6. The van der Waals surface area contributed by atoms with Crippen molar-refractivity contribution >= 4 is 0 Å². The summed E-state index contributed by atoms with van der Waals surface area (Å²) >= 11 is 0. The first-order chi connectivity index (χ1) is 7.84. The van der Waals surface area contributed by atoms with Crippen molar-refractivity contribution in [1.29, 1.82) is 0 Å². The van der Waals surface area contributed by atoms with E-state index in [-0.39, 0.29) is 0 Å². The maximum Gasteiger partial charge on any atom is -0.0235 e. The lowest BCUT2D eigenvalue weighted by Gasteiger charge is -2.42. The number of hydrogen-bond donors (Lipinski definition) is 0. The normalized spacial score (nSPS) is 49.5. The topological polar surface area (TPSA) is 0 Å². The Labute approximate surface area is 100 Å². The minimum atomic E-state index is 0.858. The summed E-state index contributed by atoms with van der Waals surface area (Å²) in [6, 6.07) is 0. The molecule has 4 rings (SSSR count). The van der Waals surface area contributed by atoms with Gasteiger partial charge in [-0.2, -0.15) is 0 Å². The Hall–Kier alpha value is 0. The van der Waals surface area contributed by atoms with Gasteiger partial charge in [-0.05, 0) is 61.2 Å². The van der Waals surface area contributed by atoms with Crippen molar-refractivity contribution in [2.75, 3.05) is 0 Å². The van der Waals surface area contributed by atoms with Crippen molar-refractivity contribution in [3.8, 4) is 0 Å². The van der Waals surface area contributed by atoms with Crippen molar-refractivity contribution < 1.29 is 0 Å². The fraction of sp³-hybridized carbons (Fsp3) is 1.00. The SMILES string of the molecule is C1CC2CC3(CCCC34CCCC4)CC2C1. The van der Waals surface area contributed by atoms with Crippen LogP contribution in [-0.4, -0.2) is 0 Å². The van der Waals surface area contributed by atoms with Crippen LogP contribution in [0.2, 0.25) is 0 Å². The maximum absolute atomic E-state index is 1.65. The fourth-order valence-electron chi connectivity index (χ4n) is 6.50. The van der Waals surface area contributed by atoms with Gasteiger partial charge in [-0.3, -0.25) is 0 Å². The molecule has 4 saturated carbocycles. The van der Waals surface area contributed by atoms with Crippen LogP contribution in [0, 0.1) is 22.7 Å². The predicted octanol–water partition coefficient (Wildman–Crippen LogP) is 4.93. The van der Waals surface area contributed by atoms with E-state index in [9.17, 15) is 0 Å². The van der Waals surface area contributed by atoms with Crippen molar-refractivity contribution in [3.05, 3.63) is 0 Å². The van der Waals surface area contributed by atoms with Gasteiger partial charge in [0.1, 0.15) is 0 Å². The van der Waals surface area contributed by atoms with Crippen LogP contribution in [0.15, 0.2) is 0 Å². The van der Waals surface area contributed by atoms with Gasteiger partial charge < -0.3 is 0 Å². The number of fused-ring (bicyclic) bond motifs is 2. The summed E-state index contributed by atoms with van der Waals surface area (Å²) in [5.41, 5.74) is 1.72. The highest BCUT2D eigenvalue weighted by Crippen LogP contribution is 2.70. The molecule has 0 aromatic heterocycles. The quantitative estimate of drug-likeness (QED) is 0.541. The third kappa shape index (κ3) is 1.12. The van der Waals surface area contributed by atoms with Gasteiger partial charge in [-0.25, -0.2) is 0 Å². The Bertz CT molecular complexity index is 267. The van der Waals surface area contributed by atoms with Gasteiger partial charge in [0.25, 0.3) is 0 Å². The summed E-state index contributed by atoms with van der Waals surface area (Å²) in [5, 5.41) is 0. The molecule has 0 amide bonds. The van der Waals surface area contributed by atoms with E-state index < -0.39 is 0 Å². The smallest absolute Gasteiger partial charge is 0.0235 e. The maximum atomic E-state index is 1.65. The van der Waals surface area contributed by atoms with Crippen LogP contribution in [0.4, 0.5) is 0 Å². The molecular weight excluding hydrogens is 192 g/mol. The zero-order valence-corrected chi connectivity index (χ0v) is 10.6. The first-order valence-electron chi connectivity index (χ1n) is 7.84. The largest absolute Gasteiger partial charge is 0.0528 e. The van der Waals surface area contributed by atoms with Crippen LogP contribution >= 0.6 is 0 Å². The fourth-order valence-corrected chi connectivity index (χ4v) is 6.50. The predicted molar refractivity (Wildman–Crippen MR) is 67.3 cm³/mol. The van der Waals surface area contributed by atoms with Crippen molar-refractivity contribution in [2.24, 2.45) is 22.7 Å². The molecule has 0 radical (unpaired) electrons. The summed E-state index contributed by atoms with van der Waals surface area (Å²) < 4.78 is 0. The van der Waals surface area contributed by atoms with Crippen LogP contribution in [0.5, 0.6) is 0 Å². The first-order valence-corrected chi connectivity index (χ1v) is 7.84. The molecule has 0 heteroatoms. The number of hydrogen-bond acceptors (Lipinski definition) is 0. The van der Waals surface area contributed by atoms with Crippen LogP contribution in [0.1, 0.15) is 77.0 Å². The second kappa shape index (κ2) is 3.27. The van der Waals surface area contributed by atoms with Gasteiger partial charge in [0, 0.05) is 0 Å². The lowest BCUT2D eigenvalue weighted by atomic mass is 9.62. The molecule has 16 heavy (non-hydrogen) atoms. The lowest BCUT2D eigenvalue weighted by molar-refractivity contribution is 0.0722. The van der Waals surface area contributed by atoms with Crippen LogP contribution in [-0.2, 0) is 0 Å². The molecule has 2 atom stereocenters. The molecule has 0 nitrogen and oxygen atoms in total. The van der Waals surface area contributed by atoms with Crippen LogP contribution in [0.3, 0.4) is 0 Å². The molecule has 0 aromatic carbocycles. The highest BCUT2D eigenvalue weighted by molar-refractivity contribution is 5.10. The Kier molecular flexibility index (Phi) is 2.04. The van der Waals surface area contributed by atoms with Crippen LogP contribution in [0.25, 0.3) is 0 Å². The van der Waals surface area contributed by atoms with Gasteiger partial charge in [-0.15, -0.1) is 0 Å². The molecule has 0 aromatic rings. The van der Waals surface area contributed by atoms with Crippen LogP contribution < -0.4 is 0 Å². The van der Waals surface area contributed by atoms with E-state index in [1.165, 1.54) is 0 Å². The zero-order chi connectivity index (χ0) is 10.6. The monoisotopic (exact) mass is 218 g/mol. The summed E-state index contributed by atoms with van der Waals surface area (Å²) in [7, 11) is 0. The molecular formula is C16H26. The third-order valence-corrected chi connectivity index (χ3v) is 7.12. The Morgan fingerprint density at radius 1 is 0.562 bits per heavy atom. The minimum Gasteiger partial charge on any atom is -0.0528 e. The molecule has 0 heterocycles. The summed E-state index contributed by atoms with van der Waals surface area (Å²) in [6.45, 7) is 0. The van der Waals surface area contributed by atoms with Crippen molar-refractivity contribution in [3.63, 3.8) is 0 Å². The second-order valence-corrected chi connectivity index (χ2v) is 7.48. The van der Waals surface area contributed by atoms with Crippen molar-refractivity contribution in [2.45, 2.75) is 77.0 Å². The molecule has 0 bridgehead atoms. The molecule has 4 fully saturated rings. The zero-order valence-electron chi connectivity index (χ0n) is 10.6. The molecule has 0 saturated heterocycles. The Balaban J connectivity index is 1.66.